The third-order valence-electron chi connectivity index (χ3n) is 3.25. The zero-order chi connectivity index (χ0) is 16.9. The third-order valence-corrected chi connectivity index (χ3v) is 3.50. The van der Waals surface area contributed by atoms with Crippen LogP contribution in [0.1, 0.15) is 26.2 Å². The number of unbranched alkanes of at least 4 members (excludes halogenated alkanes) is 2. The van der Waals surface area contributed by atoms with Crippen LogP contribution in [0.15, 0.2) is 29.3 Å². The topological polar surface area (TPSA) is 54.9 Å². The van der Waals surface area contributed by atoms with Crippen LogP contribution in [-0.4, -0.2) is 45.9 Å². The van der Waals surface area contributed by atoms with E-state index >= 15 is 0 Å². The number of ether oxygens (including phenoxy) is 2. The van der Waals surface area contributed by atoms with Crippen molar-refractivity contribution in [1.82, 2.24) is 10.6 Å². The van der Waals surface area contributed by atoms with Crippen molar-refractivity contribution in [2.45, 2.75) is 32.3 Å². The van der Waals surface area contributed by atoms with Crippen molar-refractivity contribution in [2.75, 3.05) is 33.9 Å². The molecule has 0 aliphatic heterocycles. The summed E-state index contributed by atoms with van der Waals surface area (Å²) in [5.74, 6) is 1.60. The molecule has 23 heavy (non-hydrogen) atoms. The van der Waals surface area contributed by atoms with Gasteiger partial charge in [-0.1, -0.05) is 11.6 Å². The maximum atomic E-state index is 5.86. The van der Waals surface area contributed by atoms with Crippen molar-refractivity contribution in [2.24, 2.45) is 4.99 Å². The molecule has 0 bridgehead atoms. The molecule has 0 fully saturated rings. The van der Waals surface area contributed by atoms with Crippen LogP contribution < -0.4 is 15.4 Å². The Labute approximate surface area is 144 Å². The molecule has 0 saturated heterocycles. The van der Waals surface area contributed by atoms with Crippen LogP contribution in [0.4, 0.5) is 0 Å². The highest BCUT2D eigenvalue weighted by Gasteiger charge is 2.05. The number of nitrogens with one attached hydrogen (secondary N) is 2. The van der Waals surface area contributed by atoms with Gasteiger partial charge in [0.1, 0.15) is 11.9 Å². The van der Waals surface area contributed by atoms with Gasteiger partial charge in [0.2, 0.25) is 0 Å². The summed E-state index contributed by atoms with van der Waals surface area (Å²) in [6, 6.07) is 7.38. The van der Waals surface area contributed by atoms with Crippen LogP contribution in [0, 0.1) is 0 Å². The highest BCUT2D eigenvalue weighted by molar-refractivity contribution is 6.30. The molecule has 0 aromatic heterocycles. The Morgan fingerprint density at radius 2 is 1.91 bits per heavy atom. The van der Waals surface area contributed by atoms with Crippen LogP contribution in [0.25, 0.3) is 0 Å². The first-order valence-electron chi connectivity index (χ1n) is 8.01. The van der Waals surface area contributed by atoms with Gasteiger partial charge >= 0.3 is 0 Å². The Morgan fingerprint density at radius 3 is 2.57 bits per heavy atom. The number of nitrogens with zero attached hydrogens (tertiary/aromatic N) is 1. The van der Waals surface area contributed by atoms with Gasteiger partial charge in [0.25, 0.3) is 0 Å². The number of rotatable bonds is 10. The lowest BCUT2D eigenvalue weighted by molar-refractivity contribution is 0.192. The molecule has 0 radical (unpaired) electrons. The van der Waals surface area contributed by atoms with Gasteiger partial charge in [0.15, 0.2) is 5.96 Å². The third kappa shape index (κ3) is 9.31. The monoisotopic (exact) mass is 341 g/mol. The summed E-state index contributed by atoms with van der Waals surface area (Å²) in [5, 5.41) is 7.27. The van der Waals surface area contributed by atoms with Crippen LogP contribution in [0.3, 0.4) is 0 Å². The Morgan fingerprint density at radius 1 is 1.17 bits per heavy atom. The van der Waals surface area contributed by atoms with Crippen LogP contribution >= 0.6 is 11.6 Å². The molecule has 1 unspecified atom stereocenters. The first-order chi connectivity index (χ1) is 11.2. The average Bonchev–Trinajstić information content (AvgIpc) is 2.55. The summed E-state index contributed by atoms with van der Waals surface area (Å²) < 4.78 is 10.8. The highest BCUT2D eigenvalue weighted by Crippen LogP contribution is 2.16. The summed E-state index contributed by atoms with van der Waals surface area (Å²) >= 11 is 5.86. The number of aliphatic imine (C=N–C) groups is 1. The van der Waals surface area contributed by atoms with Crippen LogP contribution in [-0.2, 0) is 4.74 Å². The summed E-state index contributed by atoms with van der Waals surface area (Å²) in [6.45, 7) is 4.41. The normalized spacial score (nSPS) is 12.8. The minimum atomic E-state index is 0.0245. The number of guanidine groups is 1. The van der Waals surface area contributed by atoms with Gasteiger partial charge in [0.05, 0.1) is 6.54 Å². The van der Waals surface area contributed by atoms with Crippen molar-refractivity contribution in [3.05, 3.63) is 29.3 Å². The molecule has 0 heterocycles. The number of halogens is 1. The van der Waals surface area contributed by atoms with E-state index in [9.17, 15) is 0 Å². The molecule has 130 valence electrons. The molecule has 1 aromatic rings. The van der Waals surface area contributed by atoms with Gasteiger partial charge in [-0.15, -0.1) is 0 Å². The predicted molar refractivity (Wildman–Crippen MR) is 96.6 cm³/mol. The van der Waals surface area contributed by atoms with Crippen molar-refractivity contribution in [3.8, 4) is 5.75 Å². The number of hydrogen-bond acceptors (Lipinski definition) is 3. The first kappa shape index (κ1) is 19.6. The Kier molecular flexibility index (Phi) is 10.2. The molecular formula is C17H28ClN3O2. The van der Waals surface area contributed by atoms with Crippen LogP contribution in [0.5, 0.6) is 5.75 Å². The molecule has 0 aliphatic rings. The lowest BCUT2D eigenvalue weighted by Gasteiger charge is -2.17. The lowest BCUT2D eigenvalue weighted by Crippen LogP contribution is -2.42. The summed E-state index contributed by atoms with van der Waals surface area (Å²) in [6.07, 6.45) is 3.36. The fourth-order valence-corrected chi connectivity index (χ4v) is 2.13. The van der Waals surface area contributed by atoms with E-state index in [0.29, 0.717) is 11.6 Å². The predicted octanol–water partition coefficient (Wildman–Crippen LogP) is 3.09. The van der Waals surface area contributed by atoms with Gasteiger partial charge in [-0.2, -0.15) is 0 Å². The van der Waals surface area contributed by atoms with Gasteiger partial charge < -0.3 is 20.1 Å². The van der Waals surface area contributed by atoms with Gasteiger partial charge in [0, 0.05) is 32.3 Å². The fourth-order valence-electron chi connectivity index (χ4n) is 2.00. The summed E-state index contributed by atoms with van der Waals surface area (Å²) in [4.78, 5) is 4.21. The zero-order valence-electron chi connectivity index (χ0n) is 14.3. The second-order valence-corrected chi connectivity index (χ2v) is 5.75. The second-order valence-electron chi connectivity index (χ2n) is 5.32. The zero-order valence-corrected chi connectivity index (χ0v) is 15.0. The molecule has 0 aliphatic carbocycles. The number of methoxy groups -OCH3 is 1. The molecule has 1 rings (SSSR count). The second kappa shape index (κ2) is 12.0. The van der Waals surface area contributed by atoms with E-state index < -0.39 is 0 Å². The quantitative estimate of drug-likeness (QED) is 0.390. The summed E-state index contributed by atoms with van der Waals surface area (Å²) in [7, 11) is 3.50. The van der Waals surface area contributed by atoms with Gasteiger partial charge in [-0.3, -0.25) is 4.99 Å². The van der Waals surface area contributed by atoms with E-state index in [1.807, 2.05) is 31.2 Å². The minimum Gasteiger partial charge on any atom is -0.489 e. The Balaban J connectivity index is 2.19. The van der Waals surface area contributed by atoms with E-state index in [2.05, 4.69) is 15.6 Å². The van der Waals surface area contributed by atoms with E-state index in [-0.39, 0.29) is 6.10 Å². The first-order valence-corrected chi connectivity index (χ1v) is 8.39. The van der Waals surface area contributed by atoms with Crippen molar-refractivity contribution in [1.29, 1.82) is 0 Å². The van der Waals surface area contributed by atoms with Crippen molar-refractivity contribution >= 4 is 17.6 Å². The molecule has 0 saturated carbocycles. The van der Waals surface area contributed by atoms with Crippen molar-refractivity contribution < 1.29 is 9.47 Å². The molecule has 0 amide bonds. The maximum Gasteiger partial charge on any atom is 0.191 e. The van der Waals surface area contributed by atoms with E-state index in [1.165, 1.54) is 0 Å². The molecule has 2 N–H and O–H groups in total. The number of hydrogen-bond donors (Lipinski definition) is 2. The molecule has 1 aromatic carbocycles. The van der Waals surface area contributed by atoms with E-state index in [1.54, 1.807) is 14.2 Å². The highest BCUT2D eigenvalue weighted by atomic mass is 35.5. The van der Waals surface area contributed by atoms with Crippen LogP contribution in [0.2, 0.25) is 5.02 Å². The maximum absolute atomic E-state index is 5.86. The average molecular weight is 342 g/mol. The molecular weight excluding hydrogens is 314 g/mol. The SMILES string of the molecule is CN=C(NCCCCCOC)NCC(C)Oc1ccc(Cl)cc1. The summed E-state index contributed by atoms with van der Waals surface area (Å²) in [5.41, 5.74) is 0. The lowest BCUT2D eigenvalue weighted by atomic mass is 10.2. The molecule has 0 spiro atoms. The Hall–Kier alpha value is -1.46. The standard InChI is InChI=1S/C17H28ClN3O2/c1-14(23-16-9-7-15(18)8-10-16)13-21-17(19-2)20-11-5-4-6-12-22-3/h7-10,14H,4-6,11-13H2,1-3H3,(H2,19,20,21). The van der Waals surface area contributed by atoms with Crippen molar-refractivity contribution in [3.63, 3.8) is 0 Å². The van der Waals surface area contributed by atoms with Gasteiger partial charge in [-0.05, 0) is 50.5 Å². The molecule has 6 heteroatoms. The molecule has 1 atom stereocenters. The number of benzene rings is 1. The Bertz CT molecular complexity index is 452. The fraction of sp³-hybridized carbons (Fsp3) is 0.588. The largest absolute Gasteiger partial charge is 0.489 e. The minimum absolute atomic E-state index is 0.0245. The van der Waals surface area contributed by atoms with Gasteiger partial charge in [-0.25, -0.2) is 0 Å². The smallest absolute Gasteiger partial charge is 0.191 e. The molecule has 5 nitrogen and oxygen atoms in total. The van der Waals surface area contributed by atoms with E-state index in [4.69, 9.17) is 21.1 Å². The van der Waals surface area contributed by atoms with E-state index in [0.717, 1.165) is 44.1 Å².